The minimum atomic E-state index is -0.933. The second kappa shape index (κ2) is 9.93. The van der Waals surface area contributed by atoms with Crippen LogP contribution in [0.4, 0.5) is 0 Å². The van der Waals surface area contributed by atoms with E-state index in [1.165, 1.54) is 26.2 Å². The summed E-state index contributed by atoms with van der Waals surface area (Å²) < 4.78 is 18.3. The van der Waals surface area contributed by atoms with Gasteiger partial charge in [-0.3, -0.25) is 14.0 Å². The van der Waals surface area contributed by atoms with Gasteiger partial charge >= 0.3 is 0 Å². The van der Waals surface area contributed by atoms with Gasteiger partial charge in [-0.15, -0.1) is 0 Å². The number of hydrogen-bond donors (Lipinski definition) is 1. The van der Waals surface area contributed by atoms with Crippen LogP contribution < -0.4 is 14.2 Å². The third-order valence-electron chi connectivity index (χ3n) is 6.67. The van der Waals surface area contributed by atoms with Gasteiger partial charge in [0.25, 0.3) is 11.7 Å². The van der Waals surface area contributed by atoms with Crippen molar-refractivity contribution in [3.8, 4) is 17.2 Å². The lowest BCUT2D eigenvalue weighted by Crippen LogP contribution is -2.29. The molecule has 38 heavy (non-hydrogen) atoms. The highest BCUT2D eigenvalue weighted by Crippen LogP contribution is 2.46. The molecule has 1 fully saturated rings. The molecule has 0 radical (unpaired) electrons. The number of aromatic nitrogens is 2. The molecule has 9 nitrogen and oxygen atoms in total. The SMILES string of the molecule is COc1cc(C2C(=C(O)c3c(C)nc4ccccn34)C(=O)C(=O)N2Cc2ccccc2)cc(OC)c1OC. The fourth-order valence-corrected chi connectivity index (χ4v) is 4.96. The van der Waals surface area contributed by atoms with Crippen molar-refractivity contribution in [2.24, 2.45) is 0 Å². The molecule has 1 unspecified atom stereocenters. The van der Waals surface area contributed by atoms with Crippen molar-refractivity contribution in [2.75, 3.05) is 21.3 Å². The first-order valence-electron chi connectivity index (χ1n) is 12.0. The van der Waals surface area contributed by atoms with E-state index in [0.29, 0.717) is 39.8 Å². The molecule has 2 aromatic heterocycles. The number of amides is 1. The highest BCUT2D eigenvalue weighted by atomic mass is 16.5. The van der Waals surface area contributed by atoms with Crippen molar-refractivity contribution in [1.82, 2.24) is 14.3 Å². The Morgan fingerprint density at radius 2 is 1.61 bits per heavy atom. The number of carbonyl (C=O) groups is 2. The van der Waals surface area contributed by atoms with E-state index in [2.05, 4.69) is 4.98 Å². The molecule has 0 saturated carbocycles. The number of methoxy groups -OCH3 is 3. The number of pyridine rings is 1. The first-order chi connectivity index (χ1) is 18.4. The number of ketones is 1. The van der Waals surface area contributed by atoms with E-state index in [1.54, 1.807) is 41.8 Å². The van der Waals surface area contributed by atoms with Gasteiger partial charge in [-0.05, 0) is 42.3 Å². The molecular formula is C29H27N3O6. The average molecular weight is 514 g/mol. The summed E-state index contributed by atoms with van der Waals surface area (Å²) in [6.07, 6.45) is 1.75. The molecule has 1 saturated heterocycles. The third-order valence-corrected chi connectivity index (χ3v) is 6.67. The lowest BCUT2D eigenvalue weighted by atomic mass is 9.95. The van der Waals surface area contributed by atoms with Crippen LogP contribution in [0.25, 0.3) is 11.4 Å². The van der Waals surface area contributed by atoms with Crippen LogP contribution in [-0.2, 0) is 16.1 Å². The number of rotatable bonds is 7. The summed E-state index contributed by atoms with van der Waals surface area (Å²) >= 11 is 0. The Balaban J connectivity index is 1.77. The minimum Gasteiger partial charge on any atom is -0.505 e. The molecule has 0 aliphatic carbocycles. The molecule has 1 aliphatic rings. The van der Waals surface area contributed by atoms with E-state index in [0.717, 1.165) is 5.56 Å². The van der Waals surface area contributed by atoms with Gasteiger partial charge in [0.15, 0.2) is 17.3 Å². The lowest BCUT2D eigenvalue weighted by Gasteiger charge is -2.26. The second-order valence-electron chi connectivity index (χ2n) is 8.85. The maximum absolute atomic E-state index is 13.6. The number of benzene rings is 2. The van der Waals surface area contributed by atoms with Gasteiger partial charge in [-0.1, -0.05) is 36.4 Å². The van der Waals surface area contributed by atoms with Gasteiger partial charge in [0, 0.05) is 12.7 Å². The summed E-state index contributed by atoms with van der Waals surface area (Å²) in [4.78, 5) is 33.0. The molecule has 0 spiro atoms. The highest BCUT2D eigenvalue weighted by Gasteiger charge is 2.47. The topological polar surface area (TPSA) is 103 Å². The zero-order valence-electron chi connectivity index (χ0n) is 21.5. The number of aryl methyl sites for hydroxylation is 1. The fourth-order valence-electron chi connectivity index (χ4n) is 4.96. The summed E-state index contributed by atoms with van der Waals surface area (Å²) in [6, 6.07) is 17.2. The highest BCUT2D eigenvalue weighted by molar-refractivity contribution is 6.46. The molecular weight excluding hydrogens is 486 g/mol. The van der Waals surface area contributed by atoms with Crippen LogP contribution in [-0.4, -0.2) is 52.4 Å². The van der Waals surface area contributed by atoms with Gasteiger partial charge in [-0.25, -0.2) is 4.98 Å². The third kappa shape index (κ3) is 4.02. The maximum atomic E-state index is 13.6. The van der Waals surface area contributed by atoms with Crippen LogP contribution in [0.1, 0.15) is 28.6 Å². The van der Waals surface area contributed by atoms with Gasteiger partial charge in [0.05, 0.1) is 38.6 Å². The lowest BCUT2D eigenvalue weighted by molar-refractivity contribution is -0.140. The molecule has 9 heteroatoms. The number of carbonyl (C=O) groups excluding carboxylic acids is 2. The van der Waals surface area contributed by atoms with E-state index in [1.807, 2.05) is 36.4 Å². The smallest absolute Gasteiger partial charge is 0.295 e. The summed E-state index contributed by atoms with van der Waals surface area (Å²) in [5, 5.41) is 11.7. The van der Waals surface area contributed by atoms with Crippen molar-refractivity contribution in [1.29, 1.82) is 0 Å². The number of hydrogen-bond acceptors (Lipinski definition) is 7. The number of nitrogens with zero attached hydrogens (tertiary/aromatic N) is 3. The van der Waals surface area contributed by atoms with Gasteiger partial charge in [0.1, 0.15) is 11.3 Å². The van der Waals surface area contributed by atoms with E-state index >= 15 is 0 Å². The molecule has 1 N–H and O–H groups in total. The molecule has 2 aromatic carbocycles. The van der Waals surface area contributed by atoms with Gasteiger partial charge in [0.2, 0.25) is 5.75 Å². The summed E-state index contributed by atoms with van der Waals surface area (Å²) in [6.45, 7) is 1.90. The standard InChI is InChI=1S/C29H27N3O6/c1-17-24(31-13-9-8-12-22(31)30-17)26(33)23-25(19-14-20(36-2)28(38-4)21(15-19)37-3)32(29(35)27(23)34)16-18-10-6-5-7-11-18/h5-15,25,33H,16H2,1-4H3. The van der Waals surface area contributed by atoms with E-state index in [9.17, 15) is 14.7 Å². The number of ether oxygens (including phenoxy) is 3. The predicted molar refractivity (Wildman–Crippen MR) is 140 cm³/mol. The zero-order chi connectivity index (χ0) is 27.0. The Labute approximate surface area is 219 Å². The normalized spacial score (nSPS) is 16.7. The predicted octanol–water partition coefficient (Wildman–Crippen LogP) is 4.29. The average Bonchev–Trinajstić information content (AvgIpc) is 3.40. The Bertz CT molecular complexity index is 1550. The van der Waals surface area contributed by atoms with Crippen LogP contribution in [0.3, 0.4) is 0 Å². The molecule has 1 atom stereocenters. The number of Topliss-reactive ketones (excluding diaryl/α,β-unsaturated/α-hetero) is 1. The molecule has 1 amide bonds. The summed E-state index contributed by atoms with van der Waals surface area (Å²) in [7, 11) is 4.47. The van der Waals surface area contributed by atoms with Crippen molar-refractivity contribution in [3.05, 3.63) is 94.9 Å². The number of aliphatic hydroxyl groups excluding tert-OH is 1. The largest absolute Gasteiger partial charge is 0.505 e. The number of likely N-dealkylation sites (tertiary alicyclic amines) is 1. The van der Waals surface area contributed by atoms with Crippen LogP contribution in [0, 0.1) is 6.92 Å². The Morgan fingerprint density at radius 1 is 0.947 bits per heavy atom. The quantitative estimate of drug-likeness (QED) is 0.223. The van der Waals surface area contributed by atoms with Crippen molar-refractivity contribution in [3.63, 3.8) is 0 Å². The maximum Gasteiger partial charge on any atom is 0.295 e. The van der Waals surface area contributed by atoms with Gasteiger partial charge in [-0.2, -0.15) is 0 Å². The minimum absolute atomic E-state index is 0.0473. The van der Waals surface area contributed by atoms with E-state index in [4.69, 9.17) is 14.2 Å². The first-order valence-corrected chi connectivity index (χ1v) is 12.0. The van der Waals surface area contributed by atoms with E-state index < -0.39 is 17.7 Å². The second-order valence-corrected chi connectivity index (χ2v) is 8.85. The number of aliphatic hydroxyl groups is 1. The Morgan fingerprint density at radius 3 is 2.24 bits per heavy atom. The van der Waals surface area contributed by atoms with Crippen LogP contribution in [0.2, 0.25) is 0 Å². The number of imidazole rings is 1. The van der Waals surface area contributed by atoms with Crippen molar-refractivity contribution in [2.45, 2.75) is 19.5 Å². The Hall–Kier alpha value is -4.79. The molecule has 3 heterocycles. The van der Waals surface area contributed by atoms with E-state index in [-0.39, 0.29) is 17.9 Å². The molecule has 4 aromatic rings. The molecule has 1 aliphatic heterocycles. The number of fused-ring (bicyclic) bond motifs is 1. The van der Waals surface area contributed by atoms with Gasteiger partial charge < -0.3 is 24.2 Å². The monoisotopic (exact) mass is 513 g/mol. The fraction of sp³-hybridized carbons (Fsp3) is 0.207. The van der Waals surface area contributed by atoms with Crippen LogP contribution >= 0.6 is 0 Å². The summed E-state index contributed by atoms with van der Waals surface area (Å²) in [5.74, 6) is -0.732. The van der Waals surface area contributed by atoms with Crippen molar-refractivity contribution < 1.29 is 28.9 Å². The first kappa shape index (κ1) is 24.9. The summed E-state index contributed by atoms with van der Waals surface area (Å²) in [5.41, 5.74) is 2.77. The molecule has 0 bridgehead atoms. The molecule has 5 rings (SSSR count). The zero-order valence-corrected chi connectivity index (χ0v) is 21.5. The van der Waals surface area contributed by atoms with Crippen LogP contribution in [0.5, 0.6) is 17.2 Å². The van der Waals surface area contributed by atoms with Crippen molar-refractivity contribution >= 4 is 23.1 Å². The molecule has 194 valence electrons. The Kier molecular flexibility index (Phi) is 6.50. The van der Waals surface area contributed by atoms with Crippen LogP contribution in [0.15, 0.2) is 72.4 Å².